The lowest BCUT2D eigenvalue weighted by atomic mass is 10.1. The van der Waals surface area contributed by atoms with E-state index in [4.69, 9.17) is 14.6 Å². The molecule has 0 spiro atoms. The Balaban J connectivity index is 2.93. The Labute approximate surface area is 111 Å². The van der Waals surface area contributed by atoms with Gasteiger partial charge >= 0.3 is 5.97 Å². The monoisotopic (exact) mass is 267 g/mol. The van der Waals surface area contributed by atoms with Crippen LogP contribution in [0.4, 0.5) is 0 Å². The molecule has 1 aromatic carbocycles. The van der Waals surface area contributed by atoms with Gasteiger partial charge in [-0.15, -0.1) is 0 Å². The van der Waals surface area contributed by atoms with Gasteiger partial charge in [0.2, 0.25) is 0 Å². The van der Waals surface area contributed by atoms with Crippen LogP contribution in [0, 0.1) is 6.92 Å². The number of aryl methyl sites for hydroxylation is 1. The van der Waals surface area contributed by atoms with Crippen LogP contribution in [0.1, 0.15) is 15.9 Å². The summed E-state index contributed by atoms with van der Waals surface area (Å²) in [6.45, 7) is 1.73. The highest BCUT2D eigenvalue weighted by atomic mass is 16.5. The van der Waals surface area contributed by atoms with E-state index in [1.54, 1.807) is 18.2 Å². The number of carbonyl (C=O) groups excluding carboxylic acids is 1. The lowest BCUT2D eigenvalue weighted by Gasteiger charge is -2.15. The second-order valence-corrected chi connectivity index (χ2v) is 4.02. The Bertz CT molecular complexity index is 472. The van der Waals surface area contributed by atoms with Gasteiger partial charge in [-0.1, -0.05) is 11.6 Å². The average Bonchev–Trinajstić information content (AvgIpc) is 2.37. The van der Waals surface area contributed by atoms with Crippen molar-refractivity contribution in [3.05, 3.63) is 29.3 Å². The third-order valence-electron chi connectivity index (χ3n) is 2.54. The first-order chi connectivity index (χ1) is 8.99. The summed E-state index contributed by atoms with van der Waals surface area (Å²) in [5, 5.41) is 11.3. The van der Waals surface area contributed by atoms with E-state index in [0.717, 1.165) is 5.56 Å². The molecule has 0 saturated carbocycles. The van der Waals surface area contributed by atoms with Gasteiger partial charge in [-0.25, -0.2) is 4.79 Å². The smallest absolute Gasteiger partial charge is 0.328 e. The van der Waals surface area contributed by atoms with Crippen molar-refractivity contribution < 1.29 is 24.2 Å². The summed E-state index contributed by atoms with van der Waals surface area (Å²) in [7, 11) is 2.82. The van der Waals surface area contributed by atoms with Gasteiger partial charge in [0.25, 0.3) is 5.91 Å². The van der Waals surface area contributed by atoms with Crippen molar-refractivity contribution in [3.63, 3.8) is 0 Å². The van der Waals surface area contributed by atoms with Gasteiger partial charge in [0, 0.05) is 7.11 Å². The molecule has 6 heteroatoms. The van der Waals surface area contributed by atoms with Crippen LogP contribution in [0.15, 0.2) is 18.2 Å². The highest BCUT2D eigenvalue weighted by Gasteiger charge is 2.22. The molecule has 0 heterocycles. The lowest BCUT2D eigenvalue weighted by molar-refractivity contribution is -0.140. The van der Waals surface area contributed by atoms with Crippen molar-refractivity contribution in [1.82, 2.24) is 5.32 Å². The van der Waals surface area contributed by atoms with Gasteiger partial charge in [0.15, 0.2) is 6.04 Å². The van der Waals surface area contributed by atoms with Gasteiger partial charge in [-0.3, -0.25) is 4.79 Å². The summed E-state index contributed by atoms with van der Waals surface area (Å²) < 4.78 is 9.84. The van der Waals surface area contributed by atoms with Gasteiger partial charge in [0.1, 0.15) is 5.75 Å². The van der Waals surface area contributed by atoms with Crippen molar-refractivity contribution in [2.45, 2.75) is 13.0 Å². The van der Waals surface area contributed by atoms with E-state index in [2.05, 4.69) is 5.32 Å². The van der Waals surface area contributed by atoms with Crippen LogP contribution >= 0.6 is 0 Å². The summed E-state index contributed by atoms with van der Waals surface area (Å²) in [6, 6.07) is 4.01. The molecule has 19 heavy (non-hydrogen) atoms. The van der Waals surface area contributed by atoms with E-state index in [1.807, 2.05) is 6.92 Å². The van der Waals surface area contributed by atoms with E-state index in [9.17, 15) is 9.59 Å². The first-order valence-corrected chi connectivity index (χ1v) is 5.66. The Kier molecular flexibility index (Phi) is 5.32. The topological polar surface area (TPSA) is 84.9 Å². The Morgan fingerprint density at radius 1 is 1.37 bits per heavy atom. The molecule has 0 aromatic heterocycles. The van der Waals surface area contributed by atoms with E-state index in [0.29, 0.717) is 11.3 Å². The molecule has 0 radical (unpaired) electrons. The molecule has 2 N–H and O–H groups in total. The summed E-state index contributed by atoms with van der Waals surface area (Å²) >= 11 is 0. The fourth-order valence-corrected chi connectivity index (χ4v) is 1.58. The normalized spacial score (nSPS) is 11.7. The molecular weight excluding hydrogens is 250 g/mol. The van der Waals surface area contributed by atoms with Crippen LogP contribution in [0.2, 0.25) is 0 Å². The van der Waals surface area contributed by atoms with Crippen LogP contribution in [-0.2, 0) is 9.53 Å². The Hall–Kier alpha value is -2.08. The Morgan fingerprint density at radius 3 is 2.58 bits per heavy atom. The second-order valence-electron chi connectivity index (χ2n) is 4.02. The molecular formula is C13H17NO5. The zero-order valence-electron chi connectivity index (χ0n) is 11.1. The Morgan fingerprint density at radius 2 is 2.05 bits per heavy atom. The average molecular weight is 267 g/mol. The van der Waals surface area contributed by atoms with Crippen LogP contribution in [0.5, 0.6) is 5.75 Å². The molecule has 0 aliphatic heterocycles. The molecule has 0 fully saturated rings. The quantitative estimate of drug-likeness (QED) is 0.797. The van der Waals surface area contributed by atoms with Crippen molar-refractivity contribution >= 4 is 11.9 Å². The van der Waals surface area contributed by atoms with Crippen molar-refractivity contribution in [1.29, 1.82) is 0 Å². The summed E-state index contributed by atoms with van der Waals surface area (Å²) in [5.41, 5.74) is 1.18. The first-order valence-electron chi connectivity index (χ1n) is 5.66. The zero-order valence-corrected chi connectivity index (χ0v) is 11.1. The molecule has 104 valence electrons. The van der Waals surface area contributed by atoms with E-state index in [1.165, 1.54) is 14.2 Å². The minimum Gasteiger partial charge on any atom is -0.496 e. The minimum atomic E-state index is -1.15. The molecule has 1 aromatic rings. The number of benzene rings is 1. The summed E-state index contributed by atoms with van der Waals surface area (Å²) in [4.78, 5) is 23.0. The third kappa shape index (κ3) is 3.96. The number of hydrogen-bond donors (Lipinski definition) is 2. The number of amides is 1. The second kappa shape index (κ2) is 6.75. The predicted octanol–water partition coefficient (Wildman–Crippen LogP) is 0.833. The number of carbonyl (C=O) groups is 2. The first kappa shape index (κ1) is 15.0. The minimum absolute atomic E-state index is 0.102. The molecule has 0 aliphatic rings. The zero-order chi connectivity index (χ0) is 14.4. The maximum atomic E-state index is 12.1. The van der Waals surface area contributed by atoms with Gasteiger partial charge in [0.05, 0.1) is 19.3 Å². The fraction of sp³-hybridized carbons (Fsp3) is 0.385. The standard InChI is InChI=1S/C13H17NO5/c1-8-4-5-11(19-3)9(6-8)12(15)14-10(7-18-2)13(16)17/h4-6,10H,7H2,1-3H3,(H,14,15)(H,16,17). The molecule has 1 atom stereocenters. The lowest BCUT2D eigenvalue weighted by Crippen LogP contribution is -2.43. The van der Waals surface area contributed by atoms with Crippen molar-refractivity contribution in [2.75, 3.05) is 20.8 Å². The van der Waals surface area contributed by atoms with Gasteiger partial charge in [-0.2, -0.15) is 0 Å². The summed E-state index contributed by atoms with van der Waals surface area (Å²) in [6.07, 6.45) is 0. The maximum Gasteiger partial charge on any atom is 0.328 e. The SMILES string of the molecule is COCC(NC(=O)c1cc(C)ccc1OC)C(=O)O. The van der Waals surface area contributed by atoms with Crippen LogP contribution in [0.3, 0.4) is 0 Å². The molecule has 1 rings (SSSR count). The van der Waals surface area contributed by atoms with Gasteiger partial charge in [-0.05, 0) is 19.1 Å². The number of carboxylic acid groups (broad SMARTS) is 1. The van der Waals surface area contributed by atoms with E-state index in [-0.39, 0.29) is 6.61 Å². The van der Waals surface area contributed by atoms with Crippen LogP contribution in [0.25, 0.3) is 0 Å². The van der Waals surface area contributed by atoms with E-state index >= 15 is 0 Å². The van der Waals surface area contributed by atoms with Crippen LogP contribution < -0.4 is 10.1 Å². The number of nitrogens with one attached hydrogen (secondary N) is 1. The molecule has 0 saturated heterocycles. The van der Waals surface area contributed by atoms with Crippen molar-refractivity contribution in [3.8, 4) is 5.75 Å². The van der Waals surface area contributed by atoms with Gasteiger partial charge < -0.3 is 19.9 Å². The number of ether oxygens (including phenoxy) is 2. The van der Waals surface area contributed by atoms with Crippen LogP contribution in [-0.4, -0.2) is 43.9 Å². The molecule has 0 aliphatic carbocycles. The molecule has 0 bridgehead atoms. The number of methoxy groups -OCH3 is 2. The predicted molar refractivity (Wildman–Crippen MR) is 68.5 cm³/mol. The number of hydrogen-bond acceptors (Lipinski definition) is 4. The summed E-state index contributed by atoms with van der Waals surface area (Å²) in [5.74, 6) is -1.27. The number of rotatable bonds is 6. The number of aliphatic carboxylic acids is 1. The molecule has 1 amide bonds. The maximum absolute atomic E-state index is 12.1. The number of carboxylic acids is 1. The third-order valence-corrected chi connectivity index (χ3v) is 2.54. The highest BCUT2D eigenvalue weighted by Crippen LogP contribution is 2.19. The molecule has 6 nitrogen and oxygen atoms in total. The van der Waals surface area contributed by atoms with Crippen molar-refractivity contribution in [2.24, 2.45) is 0 Å². The fourth-order valence-electron chi connectivity index (χ4n) is 1.58. The molecule has 1 unspecified atom stereocenters. The largest absolute Gasteiger partial charge is 0.496 e. The van der Waals surface area contributed by atoms with E-state index < -0.39 is 17.9 Å². The highest BCUT2D eigenvalue weighted by molar-refractivity contribution is 5.99.